The highest BCUT2D eigenvalue weighted by Gasteiger charge is 2.27. The molecule has 3 N–H and O–H groups in total. The van der Waals surface area contributed by atoms with Gasteiger partial charge < -0.3 is 20.1 Å². The van der Waals surface area contributed by atoms with Crippen LogP contribution in [-0.4, -0.2) is 45.8 Å². The van der Waals surface area contributed by atoms with Crippen LogP contribution in [0.15, 0.2) is 71.3 Å². The summed E-state index contributed by atoms with van der Waals surface area (Å²) in [7, 11) is 0. The number of benzene rings is 3. The molecule has 2 heterocycles. The number of carbonyl (C=O) groups excluding carboxylic acids is 1. The predicted octanol–water partition coefficient (Wildman–Crippen LogP) is 5.82. The molecule has 3 aromatic carbocycles. The Kier molecular flexibility index (Phi) is 7.23. The molecular formula is C30H31N3O4. The van der Waals surface area contributed by atoms with Crippen molar-refractivity contribution in [1.29, 1.82) is 0 Å². The van der Waals surface area contributed by atoms with Crippen LogP contribution in [0.2, 0.25) is 0 Å². The lowest BCUT2D eigenvalue weighted by Crippen LogP contribution is -2.29. The van der Waals surface area contributed by atoms with Crippen molar-refractivity contribution in [2.24, 2.45) is 0 Å². The number of likely N-dealkylation sites (tertiary alicyclic amines) is 1. The molecule has 1 aliphatic heterocycles. The first-order valence-electron chi connectivity index (χ1n) is 12.8. The molecule has 37 heavy (non-hydrogen) atoms. The van der Waals surface area contributed by atoms with Crippen LogP contribution >= 0.6 is 0 Å². The van der Waals surface area contributed by atoms with Gasteiger partial charge in [-0.1, -0.05) is 66.2 Å². The quantitative estimate of drug-likeness (QED) is 0.297. The third-order valence-electron chi connectivity index (χ3n) is 6.79. The summed E-state index contributed by atoms with van der Waals surface area (Å²) in [6, 6.07) is 20.4. The second kappa shape index (κ2) is 10.9. The minimum atomic E-state index is -0.355. The van der Waals surface area contributed by atoms with Crippen molar-refractivity contribution in [2.75, 3.05) is 19.6 Å². The molecule has 7 heteroatoms. The molecule has 1 saturated heterocycles. The average Bonchev–Trinajstić information content (AvgIpc) is 3.35. The molecule has 0 aliphatic carbocycles. The summed E-state index contributed by atoms with van der Waals surface area (Å²) >= 11 is 0. The monoisotopic (exact) mass is 497 g/mol. The maximum Gasteiger partial charge on any atom is 0.274 e. The SMILES string of the molecule is CCNC(=O)c1noc(-c2cc(-c3ccccc3)c(O)cc2O)c1-c1ccc(CN2CCCCC2)cc1. The van der Waals surface area contributed by atoms with E-state index in [9.17, 15) is 15.0 Å². The first-order chi connectivity index (χ1) is 18.0. The molecule has 1 aliphatic rings. The molecule has 4 aromatic rings. The van der Waals surface area contributed by atoms with Crippen LogP contribution in [0.3, 0.4) is 0 Å². The van der Waals surface area contributed by atoms with Gasteiger partial charge >= 0.3 is 0 Å². The Labute approximate surface area is 216 Å². The summed E-state index contributed by atoms with van der Waals surface area (Å²) in [6.45, 7) is 5.40. The van der Waals surface area contributed by atoms with Crippen LogP contribution in [0.5, 0.6) is 11.5 Å². The number of phenols is 2. The zero-order valence-corrected chi connectivity index (χ0v) is 20.9. The predicted molar refractivity (Wildman–Crippen MR) is 143 cm³/mol. The molecule has 0 bridgehead atoms. The van der Waals surface area contributed by atoms with E-state index in [1.54, 1.807) is 6.07 Å². The highest BCUT2D eigenvalue weighted by Crippen LogP contribution is 2.44. The van der Waals surface area contributed by atoms with E-state index in [0.29, 0.717) is 23.2 Å². The summed E-state index contributed by atoms with van der Waals surface area (Å²) in [6.07, 6.45) is 3.77. The standard InChI is InChI=1S/C30H31N3O4/c1-2-31-30(36)28-27(22-13-11-20(12-14-22)19-33-15-7-4-8-16-33)29(37-32-28)24-17-23(25(34)18-26(24)35)21-9-5-3-6-10-21/h3,5-6,9-14,17-18,34-35H,2,4,7-8,15-16,19H2,1H3,(H,31,36). The van der Waals surface area contributed by atoms with Gasteiger partial charge in [-0.05, 0) is 55.6 Å². The van der Waals surface area contributed by atoms with E-state index in [4.69, 9.17) is 4.52 Å². The van der Waals surface area contributed by atoms with Gasteiger partial charge in [-0.3, -0.25) is 9.69 Å². The zero-order chi connectivity index (χ0) is 25.8. The third kappa shape index (κ3) is 5.22. The number of nitrogens with zero attached hydrogens (tertiary/aromatic N) is 2. The molecule has 0 unspecified atom stereocenters. The number of hydrogen-bond acceptors (Lipinski definition) is 6. The largest absolute Gasteiger partial charge is 0.507 e. The second-order valence-corrected chi connectivity index (χ2v) is 9.38. The van der Waals surface area contributed by atoms with Gasteiger partial charge in [0.1, 0.15) is 11.5 Å². The Bertz CT molecular complexity index is 1370. The van der Waals surface area contributed by atoms with Gasteiger partial charge in [0, 0.05) is 24.7 Å². The van der Waals surface area contributed by atoms with Crippen molar-refractivity contribution < 1.29 is 19.5 Å². The molecule has 190 valence electrons. The molecule has 1 amide bonds. The average molecular weight is 498 g/mol. The van der Waals surface area contributed by atoms with Gasteiger partial charge in [0.05, 0.1) is 11.1 Å². The van der Waals surface area contributed by atoms with Crippen LogP contribution in [0, 0.1) is 0 Å². The second-order valence-electron chi connectivity index (χ2n) is 9.38. The minimum Gasteiger partial charge on any atom is -0.507 e. The van der Waals surface area contributed by atoms with Crippen molar-refractivity contribution in [3.63, 3.8) is 0 Å². The molecule has 1 aromatic heterocycles. The van der Waals surface area contributed by atoms with E-state index in [-0.39, 0.29) is 28.9 Å². The lowest BCUT2D eigenvalue weighted by atomic mass is 9.94. The Morgan fingerprint density at radius 1 is 0.919 bits per heavy atom. The number of carbonyl (C=O) groups is 1. The number of aromatic nitrogens is 1. The first-order valence-corrected chi connectivity index (χ1v) is 12.8. The van der Waals surface area contributed by atoms with Crippen molar-refractivity contribution in [3.8, 4) is 45.1 Å². The number of nitrogens with one attached hydrogen (secondary N) is 1. The van der Waals surface area contributed by atoms with Crippen molar-refractivity contribution in [2.45, 2.75) is 32.7 Å². The summed E-state index contributed by atoms with van der Waals surface area (Å²) in [5, 5.41) is 28.3. The summed E-state index contributed by atoms with van der Waals surface area (Å²) in [4.78, 5) is 15.4. The van der Waals surface area contributed by atoms with Crippen molar-refractivity contribution in [3.05, 3.63) is 78.0 Å². The molecule has 1 fully saturated rings. The topological polar surface area (TPSA) is 98.8 Å². The van der Waals surface area contributed by atoms with E-state index in [1.807, 2.05) is 49.4 Å². The van der Waals surface area contributed by atoms with E-state index in [2.05, 4.69) is 27.5 Å². The first kappa shape index (κ1) is 24.6. The van der Waals surface area contributed by atoms with Crippen LogP contribution in [-0.2, 0) is 6.54 Å². The number of rotatable bonds is 7. The van der Waals surface area contributed by atoms with Gasteiger partial charge in [0.2, 0.25) is 0 Å². The number of hydrogen-bond donors (Lipinski definition) is 3. The number of aromatic hydroxyl groups is 2. The van der Waals surface area contributed by atoms with Crippen LogP contribution < -0.4 is 5.32 Å². The maximum absolute atomic E-state index is 12.9. The van der Waals surface area contributed by atoms with Gasteiger partial charge in [-0.15, -0.1) is 0 Å². The van der Waals surface area contributed by atoms with Crippen LogP contribution in [0.25, 0.3) is 33.6 Å². The molecule has 0 atom stereocenters. The highest BCUT2D eigenvalue weighted by molar-refractivity contribution is 6.03. The lowest BCUT2D eigenvalue weighted by Gasteiger charge is -2.26. The van der Waals surface area contributed by atoms with Crippen LogP contribution in [0.4, 0.5) is 0 Å². The molecular weight excluding hydrogens is 466 g/mol. The Morgan fingerprint density at radius 2 is 1.62 bits per heavy atom. The molecule has 0 saturated carbocycles. The molecule has 5 rings (SSSR count). The molecule has 7 nitrogen and oxygen atoms in total. The maximum atomic E-state index is 12.9. The normalized spacial score (nSPS) is 14.0. The van der Waals surface area contributed by atoms with Crippen molar-refractivity contribution in [1.82, 2.24) is 15.4 Å². The van der Waals surface area contributed by atoms with Gasteiger partial charge in [-0.25, -0.2) is 0 Å². The van der Waals surface area contributed by atoms with E-state index < -0.39 is 0 Å². The zero-order valence-electron chi connectivity index (χ0n) is 20.9. The van der Waals surface area contributed by atoms with Gasteiger partial charge in [0.15, 0.2) is 11.5 Å². The summed E-state index contributed by atoms with van der Waals surface area (Å²) in [5.74, 6) is -0.315. The fraction of sp³-hybridized carbons (Fsp3) is 0.267. The van der Waals surface area contributed by atoms with Crippen LogP contribution in [0.1, 0.15) is 42.2 Å². The summed E-state index contributed by atoms with van der Waals surface area (Å²) in [5.41, 5.74) is 4.26. The Hall–Kier alpha value is -4.10. The number of phenolic OH excluding ortho intramolecular Hbond substituents is 2. The van der Waals surface area contributed by atoms with E-state index in [0.717, 1.165) is 30.8 Å². The van der Waals surface area contributed by atoms with Crippen molar-refractivity contribution >= 4 is 5.91 Å². The van der Waals surface area contributed by atoms with Gasteiger partial charge in [0.25, 0.3) is 5.91 Å². The Balaban J connectivity index is 1.57. The smallest absolute Gasteiger partial charge is 0.274 e. The number of piperidine rings is 1. The molecule has 0 spiro atoms. The van der Waals surface area contributed by atoms with E-state index >= 15 is 0 Å². The number of amides is 1. The molecule has 0 radical (unpaired) electrons. The fourth-order valence-corrected chi connectivity index (χ4v) is 4.90. The summed E-state index contributed by atoms with van der Waals surface area (Å²) < 4.78 is 5.71. The van der Waals surface area contributed by atoms with E-state index in [1.165, 1.54) is 30.9 Å². The minimum absolute atomic E-state index is 0.0560. The lowest BCUT2D eigenvalue weighted by molar-refractivity contribution is 0.0947. The Morgan fingerprint density at radius 3 is 2.32 bits per heavy atom. The third-order valence-corrected chi connectivity index (χ3v) is 6.79. The fourth-order valence-electron chi connectivity index (χ4n) is 4.90. The van der Waals surface area contributed by atoms with Gasteiger partial charge in [-0.2, -0.15) is 0 Å². The highest BCUT2D eigenvalue weighted by atomic mass is 16.5.